The van der Waals surface area contributed by atoms with Crippen molar-refractivity contribution in [2.45, 2.75) is 374 Å². The van der Waals surface area contributed by atoms with Crippen LogP contribution in [0.2, 0.25) is 0 Å². The molecule has 0 radical (unpaired) electrons. The highest BCUT2D eigenvalue weighted by molar-refractivity contribution is 5.83. The van der Waals surface area contributed by atoms with E-state index in [1.807, 2.05) is 12.1 Å². The molecule has 4 heterocycles. The van der Waals surface area contributed by atoms with Crippen LogP contribution >= 0.6 is 0 Å². The van der Waals surface area contributed by atoms with Gasteiger partial charge in [0, 0.05) is 56.7 Å². The summed E-state index contributed by atoms with van der Waals surface area (Å²) in [4.78, 5) is 19.0. The Morgan fingerprint density at radius 1 is 0.333 bits per heavy atom. The van der Waals surface area contributed by atoms with Gasteiger partial charge in [-0.25, -0.2) is 14.4 Å². The van der Waals surface area contributed by atoms with Crippen LogP contribution < -0.4 is 14.4 Å². The van der Waals surface area contributed by atoms with Gasteiger partial charge in [-0.1, -0.05) is 387 Å². The monoisotopic (exact) mass is 1760 g/mol. The average molecular weight is 1760 g/mol. The third-order valence-electron chi connectivity index (χ3n) is 22.4. The number of hydrogen-bond donors (Lipinski definition) is 1. The molecular formula is C120H184FN5O3. The van der Waals surface area contributed by atoms with E-state index < -0.39 is 0 Å². The molecule has 4 aliphatic carbocycles. The minimum absolute atomic E-state index is 0.0925. The molecule has 0 amide bonds. The predicted octanol–water partition coefficient (Wildman–Crippen LogP) is 33.4. The average Bonchev–Trinajstić information content (AvgIpc) is 1.69. The maximum Gasteiger partial charge on any atom is 0.161 e. The smallest absolute Gasteiger partial charge is 0.161 e. The zero-order valence-corrected chi connectivity index (χ0v) is 88.0. The van der Waals surface area contributed by atoms with Crippen molar-refractivity contribution in [3.8, 4) is 11.5 Å². The van der Waals surface area contributed by atoms with E-state index in [-0.39, 0.29) is 22.8 Å². The maximum absolute atomic E-state index is 13.1. The molecule has 9 aromatic rings. The van der Waals surface area contributed by atoms with Crippen LogP contribution in [-0.4, -0.2) is 52.4 Å². The topological polar surface area (TPSA) is 93.5 Å². The van der Waals surface area contributed by atoms with Crippen LogP contribution in [0, 0.1) is 71.8 Å². The number of anilines is 1. The molecule has 129 heavy (non-hydrogen) atoms. The van der Waals surface area contributed by atoms with E-state index in [1.54, 1.807) is 24.7 Å². The molecule has 0 bridgehead atoms. The number of benzene rings is 6. The highest BCUT2D eigenvalue weighted by Crippen LogP contribution is 2.39. The van der Waals surface area contributed by atoms with Crippen molar-refractivity contribution < 1.29 is 19.0 Å². The number of rotatable bonds is 11. The molecule has 2 fully saturated rings. The summed E-state index contributed by atoms with van der Waals surface area (Å²) < 4.78 is 24.1. The molecule has 2 saturated carbocycles. The zero-order valence-electron chi connectivity index (χ0n) is 88.0. The van der Waals surface area contributed by atoms with Crippen molar-refractivity contribution in [3.63, 3.8) is 0 Å². The van der Waals surface area contributed by atoms with E-state index in [2.05, 4.69) is 386 Å². The number of hydrogen-bond acceptors (Lipinski definition) is 8. The highest BCUT2D eigenvalue weighted by atomic mass is 19.1. The van der Waals surface area contributed by atoms with E-state index in [9.17, 15) is 9.50 Å². The van der Waals surface area contributed by atoms with Crippen LogP contribution in [0.4, 0.5) is 10.1 Å². The minimum Gasteiger partial charge on any atom is -0.486 e. The second-order valence-corrected chi connectivity index (χ2v) is 50.1. The van der Waals surface area contributed by atoms with E-state index in [1.165, 1.54) is 169 Å². The maximum atomic E-state index is 13.1. The standard InChI is InChI=1S/C15H18.C14H20O.C13H19N.C13H21N.C13H18O2.2C11H22.C11H16.C10H14FN.C9H14N2/c1-15(2,3)11-12-8-9-13-6-4-5-7-14(13)10-12;1-14(2,3)9-10-4-6-12-11(8-10)5-7-13(12)15;1-13(2,3)8-10-7-11-5-4-6-12(11)14-9-10;1-13(2,3)10-11-6-8-12(9-7-11)14(4)5;1-13(2,3)9-10-4-5-11-12(8-10)15-7-6-14-11;3*1-11(2,3)9-10-7-5-4-6-8-10;1-10(2,3)7-9-8(11)5-4-6-12-9;1-9(2,3)7-8-10-5-4-6-11-8/h4-10H,11H2,1-3H3;4,6,8,13,15H,5,7,9H2,1-3H3;7,9H,4-6,8H2,1-3H3;6-9H,10H2,1-5H3;4-5,8H,6-7,9H2,1-3H3;2*10H,4-9H2,1-3H3;4-8H,9H2,1-3H3;4-6H,7H2,1-3H3;4-6H,7H2,1-3H3. The number of nitrogens with zero attached hydrogens (tertiary/aromatic N) is 5. The number of aryl methyl sites for hydroxylation is 3. The quantitative estimate of drug-likeness (QED) is 0.137. The lowest BCUT2D eigenvalue weighted by Crippen LogP contribution is -2.16. The van der Waals surface area contributed by atoms with Gasteiger partial charge in [0.1, 0.15) is 24.9 Å². The van der Waals surface area contributed by atoms with Gasteiger partial charge in [0.15, 0.2) is 11.5 Å². The molecule has 1 aliphatic heterocycles. The summed E-state index contributed by atoms with van der Waals surface area (Å²) in [6.07, 6.45) is 38.8. The number of fused-ring (bicyclic) bond motifs is 4. The van der Waals surface area contributed by atoms with Crippen LogP contribution in [0.3, 0.4) is 0 Å². The molecule has 0 spiro atoms. The molecule has 8 nitrogen and oxygen atoms in total. The summed E-state index contributed by atoms with van der Waals surface area (Å²) >= 11 is 0. The van der Waals surface area contributed by atoms with Gasteiger partial charge in [-0.3, -0.25) is 9.97 Å². The molecule has 6 aromatic carbocycles. The lowest BCUT2D eigenvalue weighted by atomic mass is 9.78. The second-order valence-electron chi connectivity index (χ2n) is 50.1. The van der Waals surface area contributed by atoms with Gasteiger partial charge >= 0.3 is 0 Å². The molecule has 1 unspecified atom stereocenters. The van der Waals surface area contributed by atoms with Gasteiger partial charge in [-0.15, -0.1) is 0 Å². The summed E-state index contributed by atoms with van der Waals surface area (Å²) in [5.41, 5.74) is 19.2. The first kappa shape index (κ1) is 112. The Morgan fingerprint density at radius 3 is 1.24 bits per heavy atom. The fraction of sp³-hybridized carbons (Fsp3) is 0.600. The number of halogens is 1. The molecule has 0 saturated heterocycles. The van der Waals surface area contributed by atoms with E-state index >= 15 is 0 Å². The summed E-state index contributed by atoms with van der Waals surface area (Å²) in [7, 11) is 4.14. The zero-order chi connectivity index (χ0) is 96.2. The lowest BCUT2D eigenvalue weighted by Gasteiger charge is -2.28. The van der Waals surface area contributed by atoms with Gasteiger partial charge < -0.3 is 19.5 Å². The first-order valence-corrected chi connectivity index (χ1v) is 49.6. The summed E-state index contributed by atoms with van der Waals surface area (Å²) in [5, 5.41) is 12.4. The number of aliphatic hydroxyl groups is 1. The Hall–Kier alpha value is -7.75. The number of aliphatic hydroxyl groups excluding tert-OH is 1. The highest BCUT2D eigenvalue weighted by Gasteiger charge is 2.26. The number of ether oxygens (including phenoxy) is 2. The molecular weight excluding hydrogens is 1580 g/mol. The number of aromatic nitrogens is 4. The minimum atomic E-state index is -0.219. The third-order valence-corrected chi connectivity index (χ3v) is 22.4. The van der Waals surface area contributed by atoms with Crippen LogP contribution in [0.25, 0.3) is 10.8 Å². The number of pyridine rings is 2. The SMILES string of the molecule is CC(C)(C)CC1CCCCC1.CC(C)(C)CC1CCCCC1.CC(C)(C)Cc1ccc2c(c1)CCC2O.CC(C)(C)Cc1ccc2c(c1)OCCO2.CC(C)(C)Cc1ccc2ccccc2c1.CC(C)(C)Cc1ccccc1.CC(C)(C)Cc1cnc2c(c1)CCC2.CC(C)(C)Cc1ncccc1F.CC(C)(C)Cc1ncccn1.CN(C)c1ccc(CC(C)(C)C)cc1. The molecule has 5 aliphatic rings. The fourth-order valence-electron chi connectivity index (χ4n) is 17.5. The lowest BCUT2D eigenvalue weighted by molar-refractivity contribution is 0.171. The molecule has 1 N–H and O–H groups in total. The van der Waals surface area contributed by atoms with Gasteiger partial charge in [0.25, 0.3) is 0 Å². The van der Waals surface area contributed by atoms with Crippen molar-refractivity contribution in [1.82, 2.24) is 19.9 Å². The van der Waals surface area contributed by atoms with Gasteiger partial charge in [-0.2, -0.15) is 0 Å². The normalized spacial score (nSPS) is 15.3. The van der Waals surface area contributed by atoms with Crippen LogP contribution in [-0.2, 0) is 70.6 Å². The Labute approximate surface area is 790 Å². The van der Waals surface area contributed by atoms with Crippen molar-refractivity contribution in [2.24, 2.45) is 66.0 Å². The summed E-state index contributed by atoms with van der Waals surface area (Å²) in [5.74, 6) is 4.59. The van der Waals surface area contributed by atoms with Crippen molar-refractivity contribution in [3.05, 3.63) is 256 Å². The summed E-state index contributed by atoms with van der Waals surface area (Å²) in [6, 6.07) is 54.8. The Balaban J connectivity index is 0.000000255. The Morgan fingerprint density at radius 2 is 0.752 bits per heavy atom. The van der Waals surface area contributed by atoms with E-state index in [0.717, 1.165) is 92.5 Å². The molecule has 1 atom stereocenters. The van der Waals surface area contributed by atoms with Crippen molar-refractivity contribution >= 4 is 16.5 Å². The van der Waals surface area contributed by atoms with E-state index in [0.29, 0.717) is 68.6 Å². The predicted molar refractivity (Wildman–Crippen MR) is 557 cm³/mol. The fourth-order valence-corrected chi connectivity index (χ4v) is 17.5. The molecule has 9 heteroatoms. The van der Waals surface area contributed by atoms with E-state index in [4.69, 9.17) is 9.47 Å². The Bertz CT molecular complexity index is 4490. The van der Waals surface area contributed by atoms with Gasteiger partial charge in [0.2, 0.25) is 0 Å². The van der Waals surface area contributed by atoms with Crippen molar-refractivity contribution in [2.75, 3.05) is 32.2 Å². The van der Waals surface area contributed by atoms with Gasteiger partial charge in [-0.05, 0) is 259 Å². The van der Waals surface area contributed by atoms with Crippen LogP contribution in [0.15, 0.2) is 183 Å². The molecule has 714 valence electrons. The first-order chi connectivity index (χ1) is 59.8. The van der Waals surface area contributed by atoms with Crippen molar-refractivity contribution in [1.29, 1.82) is 0 Å². The second kappa shape index (κ2) is 52.1. The largest absolute Gasteiger partial charge is 0.486 e. The summed E-state index contributed by atoms with van der Waals surface area (Å²) in [6.45, 7) is 69.0. The van der Waals surface area contributed by atoms with Crippen LogP contribution in [0.1, 0.15) is 371 Å². The Kier molecular flexibility index (Phi) is 45.1. The van der Waals surface area contributed by atoms with Crippen LogP contribution in [0.5, 0.6) is 11.5 Å². The molecule has 14 rings (SSSR count). The first-order valence-electron chi connectivity index (χ1n) is 49.6. The third kappa shape index (κ3) is 51.8. The van der Waals surface area contributed by atoms with Gasteiger partial charge in [0.05, 0.1) is 11.8 Å². The molecule has 3 aromatic heterocycles.